The van der Waals surface area contributed by atoms with E-state index in [0.29, 0.717) is 5.92 Å². The number of terminal acetylenes is 1. The zero-order valence-electron chi connectivity index (χ0n) is 7.85. The largest absolute Gasteiger partial charge is 0.303 e. The zero-order chi connectivity index (χ0) is 8.69. The third-order valence-corrected chi connectivity index (χ3v) is 1.55. The fourth-order valence-electron chi connectivity index (χ4n) is 0.911. The fraction of sp³-hybridized carbons (Fsp3) is 0.800. The topological polar surface area (TPSA) is 12.0 Å². The highest BCUT2D eigenvalue weighted by Gasteiger charge is 2.02. The Bertz CT molecular complexity index is 121. The summed E-state index contributed by atoms with van der Waals surface area (Å²) in [7, 11) is 0. The van der Waals surface area contributed by atoms with Crippen LogP contribution in [0.1, 0.15) is 33.6 Å². The molecule has 0 saturated carbocycles. The predicted molar refractivity (Wildman–Crippen MR) is 50.4 cm³/mol. The molecule has 0 radical (unpaired) electrons. The highest BCUT2D eigenvalue weighted by Crippen LogP contribution is 1.96. The highest BCUT2D eigenvalue weighted by molar-refractivity contribution is 4.98. The molecule has 0 aliphatic carbocycles. The lowest BCUT2D eigenvalue weighted by molar-refractivity contribution is 0.496. The first-order chi connectivity index (χ1) is 5.20. The molecular weight excluding hydrogens is 134 g/mol. The summed E-state index contributed by atoms with van der Waals surface area (Å²) in [6, 6.07) is 0.280. The van der Waals surface area contributed by atoms with Crippen molar-refractivity contribution < 1.29 is 0 Å². The van der Waals surface area contributed by atoms with E-state index >= 15 is 0 Å². The summed E-state index contributed by atoms with van der Waals surface area (Å²) in [5, 5.41) is 3.33. The van der Waals surface area contributed by atoms with Crippen LogP contribution in [0.25, 0.3) is 0 Å². The Balaban J connectivity index is 3.46. The maximum Gasteiger partial charge on any atom is 0.0686 e. The summed E-state index contributed by atoms with van der Waals surface area (Å²) < 4.78 is 0. The maximum atomic E-state index is 5.33. The quantitative estimate of drug-likeness (QED) is 0.596. The van der Waals surface area contributed by atoms with Gasteiger partial charge in [-0.15, -0.1) is 6.42 Å². The third kappa shape index (κ3) is 5.94. The minimum Gasteiger partial charge on any atom is -0.303 e. The van der Waals surface area contributed by atoms with E-state index in [-0.39, 0.29) is 6.04 Å². The second-order valence-electron chi connectivity index (χ2n) is 3.31. The van der Waals surface area contributed by atoms with Crippen molar-refractivity contribution in [2.24, 2.45) is 5.92 Å². The average Bonchev–Trinajstić information content (AvgIpc) is 1.97. The van der Waals surface area contributed by atoms with Crippen molar-refractivity contribution in [2.45, 2.75) is 39.7 Å². The highest BCUT2D eigenvalue weighted by atomic mass is 14.9. The van der Waals surface area contributed by atoms with Gasteiger partial charge in [0.05, 0.1) is 6.04 Å². The Morgan fingerprint density at radius 2 is 2.09 bits per heavy atom. The van der Waals surface area contributed by atoms with E-state index in [0.717, 1.165) is 19.4 Å². The number of nitrogens with one attached hydrogen (secondary N) is 1. The van der Waals surface area contributed by atoms with Gasteiger partial charge in [0.25, 0.3) is 0 Å². The Hall–Kier alpha value is -0.480. The minimum absolute atomic E-state index is 0.280. The molecule has 11 heavy (non-hydrogen) atoms. The van der Waals surface area contributed by atoms with Gasteiger partial charge in [-0.05, 0) is 18.9 Å². The van der Waals surface area contributed by atoms with E-state index in [2.05, 4.69) is 32.0 Å². The summed E-state index contributed by atoms with van der Waals surface area (Å²) >= 11 is 0. The molecule has 0 aliphatic rings. The van der Waals surface area contributed by atoms with Gasteiger partial charge in [0.15, 0.2) is 0 Å². The summed E-state index contributed by atoms with van der Waals surface area (Å²) in [6.07, 6.45) is 7.57. The van der Waals surface area contributed by atoms with E-state index in [1.54, 1.807) is 0 Å². The van der Waals surface area contributed by atoms with Crippen molar-refractivity contribution >= 4 is 0 Å². The zero-order valence-corrected chi connectivity index (χ0v) is 7.85. The molecule has 1 N–H and O–H groups in total. The van der Waals surface area contributed by atoms with Crippen LogP contribution in [0.3, 0.4) is 0 Å². The molecule has 64 valence electrons. The van der Waals surface area contributed by atoms with Gasteiger partial charge in [0.1, 0.15) is 0 Å². The molecular formula is C10H19N. The van der Waals surface area contributed by atoms with Crippen LogP contribution in [0.5, 0.6) is 0 Å². The molecule has 0 aromatic carbocycles. The van der Waals surface area contributed by atoms with Crippen LogP contribution >= 0.6 is 0 Å². The SMILES string of the molecule is C#CC(CCC)NCC(C)C. The Kier molecular flexibility index (Phi) is 5.97. The van der Waals surface area contributed by atoms with Crippen LogP contribution < -0.4 is 5.32 Å². The molecule has 0 aromatic heterocycles. The van der Waals surface area contributed by atoms with E-state index in [9.17, 15) is 0 Å². The van der Waals surface area contributed by atoms with Gasteiger partial charge in [-0.25, -0.2) is 0 Å². The fourth-order valence-corrected chi connectivity index (χ4v) is 0.911. The van der Waals surface area contributed by atoms with Crippen LogP contribution in [-0.4, -0.2) is 12.6 Å². The summed E-state index contributed by atoms with van der Waals surface area (Å²) in [5.41, 5.74) is 0. The molecule has 1 atom stereocenters. The number of hydrogen-bond acceptors (Lipinski definition) is 1. The first-order valence-electron chi connectivity index (χ1n) is 4.40. The minimum atomic E-state index is 0.280. The first-order valence-corrected chi connectivity index (χ1v) is 4.40. The second-order valence-corrected chi connectivity index (χ2v) is 3.31. The molecule has 0 rings (SSSR count). The Labute approximate surface area is 70.6 Å². The smallest absolute Gasteiger partial charge is 0.0686 e. The van der Waals surface area contributed by atoms with E-state index < -0.39 is 0 Å². The molecule has 0 aliphatic heterocycles. The van der Waals surface area contributed by atoms with E-state index in [4.69, 9.17) is 6.42 Å². The van der Waals surface area contributed by atoms with Gasteiger partial charge in [-0.1, -0.05) is 33.1 Å². The predicted octanol–water partition coefficient (Wildman–Crippen LogP) is 2.03. The monoisotopic (exact) mass is 153 g/mol. The molecule has 0 bridgehead atoms. The van der Waals surface area contributed by atoms with Crippen LogP contribution in [0.4, 0.5) is 0 Å². The lowest BCUT2D eigenvalue weighted by Crippen LogP contribution is -2.30. The lowest BCUT2D eigenvalue weighted by Gasteiger charge is -2.13. The summed E-state index contributed by atoms with van der Waals surface area (Å²) in [4.78, 5) is 0. The van der Waals surface area contributed by atoms with Gasteiger partial charge in [-0.3, -0.25) is 0 Å². The standard InChI is InChI=1S/C10H19N/c1-5-7-10(6-2)11-8-9(3)4/h2,9-11H,5,7-8H2,1,3-4H3. The van der Waals surface area contributed by atoms with Crippen molar-refractivity contribution in [2.75, 3.05) is 6.54 Å². The third-order valence-electron chi connectivity index (χ3n) is 1.55. The summed E-state index contributed by atoms with van der Waals surface area (Å²) in [6.45, 7) is 7.55. The van der Waals surface area contributed by atoms with Crippen molar-refractivity contribution in [3.8, 4) is 12.3 Å². The van der Waals surface area contributed by atoms with Gasteiger partial charge >= 0.3 is 0 Å². The molecule has 0 spiro atoms. The second kappa shape index (κ2) is 6.24. The first kappa shape index (κ1) is 10.5. The number of hydrogen-bond donors (Lipinski definition) is 1. The van der Waals surface area contributed by atoms with Crippen LogP contribution in [0.2, 0.25) is 0 Å². The van der Waals surface area contributed by atoms with Gasteiger partial charge in [0.2, 0.25) is 0 Å². The van der Waals surface area contributed by atoms with Crippen molar-refractivity contribution in [3.05, 3.63) is 0 Å². The van der Waals surface area contributed by atoms with Crippen molar-refractivity contribution in [1.82, 2.24) is 5.32 Å². The molecule has 0 aromatic rings. The van der Waals surface area contributed by atoms with E-state index in [1.807, 2.05) is 0 Å². The molecule has 1 heteroatoms. The Morgan fingerprint density at radius 1 is 1.45 bits per heavy atom. The Morgan fingerprint density at radius 3 is 2.45 bits per heavy atom. The molecule has 0 saturated heterocycles. The van der Waals surface area contributed by atoms with Gasteiger partial charge in [-0.2, -0.15) is 0 Å². The van der Waals surface area contributed by atoms with Crippen LogP contribution in [0.15, 0.2) is 0 Å². The van der Waals surface area contributed by atoms with Gasteiger partial charge in [0, 0.05) is 0 Å². The maximum absolute atomic E-state index is 5.33. The summed E-state index contributed by atoms with van der Waals surface area (Å²) in [5.74, 6) is 3.43. The molecule has 0 heterocycles. The molecule has 0 amide bonds. The van der Waals surface area contributed by atoms with E-state index in [1.165, 1.54) is 0 Å². The van der Waals surface area contributed by atoms with Crippen molar-refractivity contribution in [3.63, 3.8) is 0 Å². The molecule has 0 fully saturated rings. The van der Waals surface area contributed by atoms with Crippen molar-refractivity contribution in [1.29, 1.82) is 0 Å². The van der Waals surface area contributed by atoms with Crippen LogP contribution in [-0.2, 0) is 0 Å². The number of rotatable bonds is 5. The molecule has 1 nitrogen and oxygen atoms in total. The average molecular weight is 153 g/mol. The molecule has 1 unspecified atom stereocenters. The van der Waals surface area contributed by atoms with Gasteiger partial charge < -0.3 is 5.32 Å². The normalized spacial score (nSPS) is 13.0. The lowest BCUT2D eigenvalue weighted by atomic mass is 10.1. The van der Waals surface area contributed by atoms with Crippen LogP contribution in [0, 0.1) is 18.3 Å².